The SMILES string of the molecule is Cc1cc(C)c(C(C)(C)CC(=O)OC(C)(C)C)c(OCC(C)(C)C)c1. The fraction of sp³-hybridized carbons (Fsp3) is 0.682. The van der Waals surface area contributed by atoms with Crippen LogP contribution in [0.3, 0.4) is 0 Å². The molecule has 0 aliphatic heterocycles. The Bertz CT molecular complexity index is 613. The van der Waals surface area contributed by atoms with Gasteiger partial charge in [-0.3, -0.25) is 4.79 Å². The zero-order valence-corrected chi connectivity index (χ0v) is 17.8. The topological polar surface area (TPSA) is 35.5 Å². The molecule has 0 saturated carbocycles. The zero-order chi connectivity index (χ0) is 19.6. The molecule has 0 spiro atoms. The summed E-state index contributed by atoms with van der Waals surface area (Å²) in [4.78, 5) is 12.4. The number of benzene rings is 1. The second kappa shape index (κ2) is 7.39. The maximum atomic E-state index is 12.4. The van der Waals surface area contributed by atoms with E-state index in [0.717, 1.165) is 16.9 Å². The highest BCUT2D eigenvalue weighted by atomic mass is 16.6. The van der Waals surface area contributed by atoms with Gasteiger partial charge in [0.2, 0.25) is 0 Å². The lowest BCUT2D eigenvalue weighted by atomic mass is 9.78. The van der Waals surface area contributed by atoms with Gasteiger partial charge < -0.3 is 9.47 Å². The summed E-state index contributed by atoms with van der Waals surface area (Å²) in [6.45, 7) is 21.1. The van der Waals surface area contributed by atoms with E-state index in [2.05, 4.69) is 60.6 Å². The zero-order valence-electron chi connectivity index (χ0n) is 17.8. The van der Waals surface area contributed by atoms with Crippen molar-refractivity contribution in [1.82, 2.24) is 0 Å². The first-order chi connectivity index (χ1) is 11.1. The largest absolute Gasteiger partial charge is 0.493 e. The highest BCUT2D eigenvalue weighted by molar-refractivity contribution is 5.72. The number of rotatable bonds is 5. The van der Waals surface area contributed by atoms with Crippen LogP contribution in [-0.2, 0) is 14.9 Å². The number of aryl methyl sites for hydroxylation is 2. The van der Waals surface area contributed by atoms with Gasteiger partial charge in [0.05, 0.1) is 13.0 Å². The number of hydrogen-bond acceptors (Lipinski definition) is 3. The van der Waals surface area contributed by atoms with Crippen molar-refractivity contribution >= 4 is 5.97 Å². The third-order valence-electron chi connectivity index (χ3n) is 3.79. The predicted octanol–water partition coefficient (Wildman–Crippen LogP) is 5.74. The smallest absolute Gasteiger partial charge is 0.307 e. The lowest BCUT2D eigenvalue weighted by Gasteiger charge is -2.31. The maximum Gasteiger partial charge on any atom is 0.307 e. The van der Waals surface area contributed by atoms with Gasteiger partial charge in [-0.2, -0.15) is 0 Å². The molecular formula is C22H36O3. The Morgan fingerprint density at radius 2 is 1.52 bits per heavy atom. The van der Waals surface area contributed by atoms with Gasteiger partial charge in [-0.1, -0.05) is 40.7 Å². The Morgan fingerprint density at radius 1 is 0.960 bits per heavy atom. The highest BCUT2D eigenvalue weighted by Crippen LogP contribution is 2.39. The Hall–Kier alpha value is -1.51. The van der Waals surface area contributed by atoms with Crippen molar-refractivity contribution in [2.24, 2.45) is 5.41 Å². The molecule has 0 bridgehead atoms. The lowest BCUT2D eigenvalue weighted by molar-refractivity contribution is -0.156. The quantitative estimate of drug-likeness (QED) is 0.637. The summed E-state index contributed by atoms with van der Waals surface area (Å²) in [5, 5.41) is 0. The lowest BCUT2D eigenvalue weighted by Crippen LogP contribution is -2.30. The summed E-state index contributed by atoms with van der Waals surface area (Å²) in [5.74, 6) is 0.695. The molecule has 0 amide bonds. The molecule has 0 aliphatic rings. The average Bonchev–Trinajstić information content (AvgIpc) is 2.30. The number of carbonyl (C=O) groups excluding carboxylic acids is 1. The van der Waals surface area contributed by atoms with E-state index in [1.54, 1.807) is 0 Å². The first-order valence-electron chi connectivity index (χ1n) is 9.07. The number of hydrogen-bond donors (Lipinski definition) is 0. The summed E-state index contributed by atoms with van der Waals surface area (Å²) >= 11 is 0. The molecule has 0 unspecified atom stereocenters. The van der Waals surface area contributed by atoms with Gasteiger partial charge >= 0.3 is 5.97 Å². The molecule has 0 N–H and O–H groups in total. The normalized spacial score (nSPS) is 12.9. The van der Waals surface area contributed by atoms with E-state index in [1.165, 1.54) is 5.56 Å². The molecule has 142 valence electrons. The molecule has 0 radical (unpaired) electrons. The molecule has 0 aromatic heterocycles. The van der Waals surface area contributed by atoms with Crippen LogP contribution in [-0.4, -0.2) is 18.2 Å². The van der Waals surface area contributed by atoms with E-state index < -0.39 is 5.60 Å². The van der Waals surface area contributed by atoms with E-state index in [1.807, 2.05) is 20.8 Å². The molecule has 0 aliphatic carbocycles. The van der Waals surface area contributed by atoms with E-state index in [-0.39, 0.29) is 16.8 Å². The van der Waals surface area contributed by atoms with Crippen LogP contribution in [0.25, 0.3) is 0 Å². The van der Waals surface area contributed by atoms with Crippen LogP contribution in [0.15, 0.2) is 12.1 Å². The van der Waals surface area contributed by atoms with Gasteiger partial charge in [-0.25, -0.2) is 0 Å². The first-order valence-corrected chi connectivity index (χ1v) is 9.07. The van der Waals surface area contributed by atoms with Gasteiger partial charge in [0.15, 0.2) is 0 Å². The summed E-state index contributed by atoms with van der Waals surface area (Å²) in [6.07, 6.45) is 0.319. The molecule has 0 fully saturated rings. The standard InChI is InChI=1S/C22H36O3/c1-15-11-16(2)19(17(12-15)24-14-20(3,4)5)22(9,10)13-18(23)25-21(6,7)8/h11-12H,13-14H2,1-10H3. The maximum absolute atomic E-state index is 12.4. The number of esters is 1. The monoisotopic (exact) mass is 348 g/mol. The summed E-state index contributed by atoms with van der Waals surface area (Å²) in [7, 11) is 0. The van der Waals surface area contributed by atoms with Gasteiger partial charge in [-0.05, 0) is 57.2 Å². The minimum absolute atomic E-state index is 0.0736. The Morgan fingerprint density at radius 3 is 2.00 bits per heavy atom. The van der Waals surface area contributed by atoms with Gasteiger partial charge in [-0.15, -0.1) is 0 Å². The van der Waals surface area contributed by atoms with E-state index in [9.17, 15) is 4.79 Å². The minimum Gasteiger partial charge on any atom is -0.493 e. The van der Waals surface area contributed by atoms with Gasteiger partial charge in [0.1, 0.15) is 11.4 Å². The highest BCUT2D eigenvalue weighted by Gasteiger charge is 2.32. The minimum atomic E-state index is -0.471. The van der Waals surface area contributed by atoms with Crippen LogP contribution in [0.2, 0.25) is 0 Å². The molecular weight excluding hydrogens is 312 g/mol. The fourth-order valence-corrected chi connectivity index (χ4v) is 3.03. The third-order valence-corrected chi connectivity index (χ3v) is 3.79. The Balaban J connectivity index is 3.17. The molecule has 3 heteroatoms. The van der Waals surface area contributed by atoms with Crippen LogP contribution >= 0.6 is 0 Å². The second-order valence-corrected chi connectivity index (χ2v) is 9.95. The fourth-order valence-electron chi connectivity index (χ4n) is 3.03. The molecule has 0 heterocycles. The van der Waals surface area contributed by atoms with E-state index in [0.29, 0.717) is 13.0 Å². The summed E-state index contributed by atoms with van der Waals surface area (Å²) in [5.41, 5.74) is 2.64. The molecule has 1 rings (SSSR count). The molecule has 0 saturated heterocycles. The van der Waals surface area contributed by atoms with Crippen molar-refractivity contribution in [3.8, 4) is 5.75 Å². The van der Waals surface area contributed by atoms with Crippen LogP contribution in [0.5, 0.6) is 5.75 Å². The second-order valence-electron chi connectivity index (χ2n) is 9.95. The molecule has 25 heavy (non-hydrogen) atoms. The molecule has 0 atom stereocenters. The van der Waals surface area contributed by atoms with Crippen LogP contribution in [0.1, 0.15) is 78.5 Å². The van der Waals surface area contributed by atoms with Crippen molar-refractivity contribution in [3.05, 3.63) is 28.8 Å². The van der Waals surface area contributed by atoms with Crippen LogP contribution in [0.4, 0.5) is 0 Å². The van der Waals surface area contributed by atoms with E-state index in [4.69, 9.17) is 9.47 Å². The van der Waals surface area contributed by atoms with Crippen molar-refractivity contribution in [3.63, 3.8) is 0 Å². The van der Waals surface area contributed by atoms with Gasteiger partial charge in [0, 0.05) is 11.0 Å². The molecule has 3 nitrogen and oxygen atoms in total. The molecule has 1 aromatic rings. The Labute approximate surface area is 154 Å². The first kappa shape index (κ1) is 21.5. The third kappa shape index (κ3) is 7.09. The van der Waals surface area contributed by atoms with E-state index >= 15 is 0 Å². The Kier molecular flexibility index (Phi) is 6.36. The number of ether oxygens (including phenoxy) is 2. The van der Waals surface area contributed by atoms with Crippen LogP contribution in [0, 0.1) is 19.3 Å². The summed E-state index contributed by atoms with van der Waals surface area (Å²) < 4.78 is 11.7. The molecule has 1 aromatic carbocycles. The van der Waals surface area contributed by atoms with Crippen molar-refractivity contribution in [2.75, 3.05) is 6.61 Å². The average molecular weight is 349 g/mol. The van der Waals surface area contributed by atoms with Crippen LogP contribution < -0.4 is 4.74 Å². The predicted molar refractivity (Wildman–Crippen MR) is 104 cm³/mol. The summed E-state index contributed by atoms with van der Waals surface area (Å²) in [6, 6.07) is 4.22. The van der Waals surface area contributed by atoms with Crippen molar-refractivity contribution in [2.45, 2.75) is 86.7 Å². The van der Waals surface area contributed by atoms with Crippen molar-refractivity contribution < 1.29 is 14.3 Å². The van der Waals surface area contributed by atoms with Crippen molar-refractivity contribution in [1.29, 1.82) is 0 Å². The number of carbonyl (C=O) groups is 1. The van der Waals surface area contributed by atoms with Gasteiger partial charge in [0.25, 0.3) is 0 Å².